The van der Waals surface area contributed by atoms with Crippen LogP contribution in [-0.2, 0) is 6.54 Å². The van der Waals surface area contributed by atoms with Crippen LogP contribution in [0, 0.1) is 6.92 Å². The summed E-state index contributed by atoms with van der Waals surface area (Å²) in [5, 5.41) is 0.540. The second-order valence-electron chi connectivity index (χ2n) is 4.64. The van der Waals surface area contributed by atoms with E-state index < -0.39 is 0 Å². The number of rotatable bonds is 4. The molecule has 2 aromatic heterocycles. The molecule has 102 valence electrons. The van der Waals surface area contributed by atoms with E-state index in [2.05, 4.69) is 14.9 Å². The van der Waals surface area contributed by atoms with Crippen molar-refractivity contribution >= 4 is 27.3 Å². The number of thiophene rings is 1. The lowest BCUT2D eigenvalue weighted by Crippen LogP contribution is -2.21. The molecule has 0 unspecified atom stereocenters. The Bertz CT molecular complexity index is 687. The van der Waals surface area contributed by atoms with Crippen LogP contribution in [0.5, 0.6) is 0 Å². The second-order valence-corrected chi connectivity index (χ2v) is 5.63. The lowest BCUT2D eigenvalue weighted by atomic mass is 10.2. The number of fused-ring (bicyclic) bond motifs is 1. The summed E-state index contributed by atoms with van der Waals surface area (Å²) in [6, 6.07) is 0. The van der Waals surface area contributed by atoms with Crippen LogP contribution in [0.4, 0.5) is 0 Å². The third-order valence-electron chi connectivity index (χ3n) is 3.13. The Balaban J connectivity index is 2.58. The molecule has 0 fully saturated rings. The average molecular weight is 279 g/mol. The summed E-state index contributed by atoms with van der Waals surface area (Å²) in [5.74, 6) is 0.616. The quantitative estimate of drug-likeness (QED) is 0.869. The molecular weight excluding hydrogens is 262 g/mol. The van der Waals surface area contributed by atoms with Crippen molar-refractivity contribution in [3.63, 3.8) is 0 Å². The Morgan fingerprint density at radius 3 is 2.74 bits per heavy atom. The molecule has 2 heterocycles. The van der Waals surface area contributed by atoms with Gasteiger partial charge >= 0.3 is 0 Å². The summed E-state index contributed by atoms with van der Waals surface area (Å²) in [6.45, 7) is 6.82. The fourth-order valence-electron chi connectivity index (χ4n) is 1.97. The third-order valence-corrected chi connectivity index (χ3v) is 4.42. The molecule has 0 spiro atoms. The molecule has 2 aromatic rings. The summed E-state index contributed by atoms with van der Waals surface area (Å²) in [7, 11) is 1.96. The van der Waals surface area contributed by atoms with Crippen LogP contribution in [0.3, 0.4) is 0 Å². The molecule has 19 heavy (non-hydrogen) atoms. The summed E-state index contributed by atoms with van der Waals surface area (Å²) in [4.78, 5) is 34.2. The maximum Gasteiger partial charge on any atom is 0.259 e. The third kappa shape index (κ3) is 2.59. The van der Waals surface area contributed by atoms with Crippen molar-refractivity contribution in [3.05, 3.63) is 26.6 Å². The summed E-state index contributed by atoms with van der Waals surface area (Å²) >= 11 is 1.30. The summed E-state index contributed by atoms with van der Waals surface area (Å²) < 4.78 is 0. The van der Waals surface area contributed by atoms with Crippen molar-refractivity contribution < 1.29 is 4.79 Å². The molecule has 0 radical (unpaired) electrons. The van der Waals surface area contributed by atoms with Gasteiger partial charge in [-0.15, -0.1) is 11.3 Å². The number of nitrogens with one attached hydrogen (secondary N) is 1. The van der Waals surface area contributed by atoms with Crippen LogP contribution in [-0.4, -0.2) is 34.2 Å². The zero-order valence-electron chi connectivity index (χ0n) is 11.5. The number of aryl methyl sites for hydroxylation is 1. The first kappa shape index (κ1) is 13.9. The number of hydrogen-bond acceptors (Lipinski definition) is 5. The number of aromatic nitrogens is 2. The lowest BCUT2D eigenvalue weighted by Gasteiger charge is -2.12. The molecule has 0 aliphatic heterocycles. The van der Waals surface area contributed by atoms with E-state index in [0.717, 1.165) is 12.1 Å². The fourth-order valence-corrected chi connectivity index (χ4v) is 3.06. The van der Waals surface area contributed by atoms with Crippen LogP contribution >= 0.6 is 11.3 Å². The molecule has 2 rings (SSSR count). The Morgan fingerprint density at radius 1 is 1.47 bits per heavy atom. The number of nitrogens with zero attached hydrogens (tertiary/aromatic N) is 2. The molecular formula is C13H17N3O2S. The van der Waals surface area contributed by atoms with Crippen LogP contribution in [0.25, 0.3) is 10.2 Å². The Kier molecular flexibility index (Phi) is 3.82. The normalized spacial score (nSPS) is 11.4. The van der Waals surface area contributed by atoms with Gasteiger partial charge in [-0.2, -0.15) is 0 Å². The highest BCUT2D eigenvalue weighted by Crippen LogP contribution is 2.27. The summed E-state index contributed by atoms with van der Waals surface area (Å²) in [5.41, 5.74) is 0.572. The van der Waals surface area contributed by atoms with E-state index in [0.29, 0.717) is 27.5 Å². The van der Waals surface area contributed by atoms with E-state index in [4.69, 9.17) is 0 Å². The van der Waals surface area contributed by atoms with Crippen molar-refractivity contribution in [1.29, 1.82) is 0 Å². The van der Waals surface area contributed by atoms with Crippen molar-refractivity contribution in [2.24, 2.45) is 0 Å². The van der Waals surface area contributed by atoms with E-state index >= 15 is 0 Å². The maximum absolute atomic E-state index is 12.1. The fraction of sp³-hybridized carbons (Fsp3) is 0.462. The molecule has 0 saturated heterocycles. The van der Waals surface area contributed by atoms with Crippen LogP contribution in [0.15, 0.2) is 4.79 Å². The average Bonchev–Trinajstić information content (AvgIpc) is 2.67. The zero-order chi connectivity index (χ0) is 14.2. The number of hydrogen-bond donors (Lipinski definition) is 1. The van der Waals surface area contributed by atoms with E-state index in [1.165, 1.54) is 18.3 Å². The van der Waals surface area contributed by atoms with Gasteiger partial charge in [-0.3, -0.25) is 14.5 Å². The van der Waals surface area contributed by atoms with E-state index in [1.807, 2.05) is 14.0 Å². The molecule has 1 N–H and O–H groups in total. The first-order valence-corrected chi connectivity index (χ1v) is 6.97. The second kappa shape index (κ2) is 5.22. The minimum atomic E-state index is -0.161. The largest absolute Gasteiger partial charge is 0.309 e. The first-order valence-electron chi connectivity index (χ1n) is 6.15. The predicted molar refractivity (Wildman–Crippen MR) is 77.0 cm³/mol. The number of aromatic amines is 1. The minimum absolute atomic E-state index is 0.0212. The molecule has 0 saturated carbocycles. The maximum atomic E-state index is 12.1. The van der Waals surface area contributed by atoms with Gasteiger partial charge in [0.25, 0.3) is 5.56 Å². The number of carbonyl (C=O) groups excluding carboxylic acids is 1. The molecule has 6 heteroatoms. The van der Waals surface area contributed by atoms with Crippen molar-refractivity contribution in [3.8, 4) is 0 Å². The first-order chi connectivity index (χ1) is 8.93. The van der Waals surface area contributed by atoms with Crippen LogP contribution in [0.1, 0.15) is 34.9 Å². The Labute approximate surface area is 115 Å². The summed E-state index contributed by atoms with van der Waals surface area (Å²) in [6.07, 6.45) is 0. The smallest absolute Gasteiger partial charge is 0.259 e. The molecule has 0 aliphatic rings. The number of carbonyl (C=O) groups is 1. The number of ketones is 1. The Hall–Kier alpha value is -1.53. The van der Waals surface area contributed by atoms with E-state index in [1.54, 1.807) is 6.92 Å². The van der Waals surface area contributed by atoms with Gasteiger partial charge in [-0.05, 0) is 33.0 Å². The van der Waals surface area contributed by atoms with Gasteiger partial charge in [-0.1, -0.05) is 6.92 Å². The van der Waals surface area contributed by atoms with Gasteiger partial charge in [0.15, 0.2) is 5.78 Å². The monoisotopic (exact) mass is 279 g/mol. The molecule has 0 atom stereocenters. The highest BCUT2D eigenvalue weighted by Gasteiger charge is 2.16. The molecule has 5 nitrogen and oxygen atoms in total. The predicted octanol–water partition coefficient (Wildman–Crippen LogP) is 1.95. The van der Waals surface area contributed by atoms with Crippen LogP contribution < -0.4 is 5.56 Å². The lowest BCUT2D eigenvalue weighted by molar-refractivity contribution is 0.102. The van der Waals surface area contributed by atoms with Gasteiger partial charge in [0, 0.05) is 0 Å². The van der Waals surface area contributed by atoms with Gasteiger partial charge in [0.2, 0.25) is 0 Å². The molecule has 0 aromatic carbocycles. The van der Waals surface area contributed by atoms with Gasteiger partial charge in [0.05, 0.1) is 16.8 Å². The zero-order valence-corrected chi connectivity index (χ0v) is 12.3. The number of Topliss-reactive ketones (excluding diaryl/α,β-unsaturated/α-hetero) is 1. The van der Waals surface area contributed by atoms with Crippen molar-refractivity contribution in [2.45, 2.75) is 27.3 Å². The van der Waals surface area contributed by atoms with Crippen LogP contribution in [0.2, 0.25) is 0 Å². The molecule has 0 amide bonds. The standard InChI is InChI=1S/C13H17N3O2S/c1-5-16(4)6-9-14-12(18)10-7(2)11(8(3)17)19-13(10)15-9/h5-6H2,1-4H3,(H,14,15,18). The highest BCUT2D eigenvalue weighted by atomic mass is 32.1. The van der Waals surface area contributed by atoms with Gasteiger partial charge in [0.1, 0.15) is 10.7 Å². The molecule has 0 aliphatic carbocycles. The minimum Gasteiger partial charge on any atom is -0.309 e. The highest BCUT2D eigenvalue weighted by molar-refractivity contribution is 7.20. The van der Waals surface area contributed by atoms with Gasteiger partial charge in [-0.25, -0.2) is 4.98 Å². The van der Waals surface area contributed by atoms with E-state index in [-0.39, 0.29) is 11.3 Å². The van der Waals surface area contributed by atoms with E-state index in [9.17, 15) is 9.59 Å². The number of H-pyrrole nitrogens is 1. The molecule has 0 bridgehead atoms. The topological polar surface area (TPSA) is 66.1 Å². The SMILES string of the molecule is CCN(C)Cc1nc2sc(C(C)=O)c(C)c2c(=O)[nH]1. The Morgan fingerprint density at radius 2 is 2.16 bits per heavy atom. The van der Waals surface area contributed by atoms with Crippen molar-refractivity contribution in [2.75, 3.05) is 13.6 Å². The van der Waals surface area contributed by atoms with Crippen molar-refractivity contribution in [1.82, 2.24) is 14.9 Å². The van der Waals surface area contributed by atoms with Gasteiger partial charge < -0.3 is 4.98 Å².